The summed E-state index contributed by atoms with van der Waals surface area (Å²) in [6, 6.07) is 18.9. The van der Waals surface area contributed by atoms with Gasteiger partial charge in [-0.3, -0.25) is 4.98 Å². The number of aryl methyl sites for hydroxylation is 1. The van der Waals surface area contributed by atoms with Crippen molar-refractivity contribution in [3.63, 3.8) is 0 Å². The van der Waals surface area contributed by atoms with Crippen LogP contribution in [0.2, 0.25) is 0 Å². The average Bonchev–Trinajstić information content (AvgIpc) is 2.86. The van der Waals surface area contributed by atoms with Gasteiger partial charge in [0, 0.05) is 11.6 Å². The predicted molar refractivity (Wildman–Crippen MR) is 81.5 cm³/mol. The van der Waals surface area contributed by atoms with Gasteiger partial charge in [0.15, 0.2) is 0 Å². The molecule has 0 spiro atoms. The maximum Gasteiger partial charge on any atom is 0.0705 e. The highest BCUT2D eigenvalue weighted by atomic mass is 14.8. The minimum Gasteiger partial charge on any atom is -0.318 e. The van der Waals surface area contributed by atoms with E-state index in [4.69, 9.17) is 5.73 Å². The number of hydrogen-bond acceptors (Lipinski definition) is 2. The molecule has 20 heavy (non-hydrogen) atoms. The summed E-state index contributed by atoms with van der Waals surface area (Å²) in [5, 5.41) is 1.16. The van der Waals surface area contributed by atoms with Crippen LogP contribution in [0.4, 0.5) is 0 Å². The van der Waals surface area contributed by atoms with Gasteiger partial charge in [-0.25, -0.2) is 0 Å². The summed E-state index contributed by atoms with van der Waals surface area (Å²) in [5.41, 5.74) is 11.3. The molecular weight excluding hydrogens is 244 g/mol. The van der Waals surface area contributed by atoms with Crippen LogP contribution in [0.5, 0.6) is 0 Å². The number of hydrogen-bond donors (Lipinski definition) is 1. The lowest BCUT2D eigenvalue weighted by Gasteiger charge is -2.27. The van der Waals surface area contributed by atoms with Gasteiger partial charge in [-0.05, 0) is 41.7 Å². The van der Waals surface area contributed by atoms with E-state index in [1.165, 1.54) is 16.7 Å². The fraction of sp³-hybridized carbons (Fsp3) is 0.167. The lowest BCUT2D eigenvalue weighted by Crippen LogP contribution is -2.35. The van der Waals surface area contributed by atoms with E-state index < -0.39 is 0 Å². The smallest absolute Gasteiger partial charge is 0.0705 e. The highest BCUT2D eigenvalue weighted by Gasteiger charge is 2.37. The zero-order chi connectivity index (χ0) is 13.6. The fourth-order valence-electron chi connectivity index (χ4n) is 3.41. The van der Waals surface area contributed by atoms with Crippen molar-refractivity contribution in [1.29, 1.82) is 0 Å². The van der Waals surface area contributed by atoms with Crippen LogP contribution >= 0.6 is 0 Å². The third-order valence-electron chi connectivity index (χ3n) is 4.41. The fourth-order valence-corrected chi connectivity index (χ4v) is 3.41. The van der Waals surface area contributed by atoms with Crippen LogP contribution in [-0.4, -0.2) is 4.98 Å². The summed E-state index contributed by atoms with van der Waals surface area (Å²) in [5.74, 6) is 0. The number of rotatable bonds is 1. The Morgan fingerprint density at radius 3 is 2.70 bits per heavy atom. The van der Waals surface area contributed by atoms with Crippen LogP contribution in [0, 0.1) is 0 Å². The van der Waals surface area contributed by atoms with E-state index in [-0.39, 0.29) is 5.54 Å². The average molecular weight is 260 g/mol. The molecule has 2 aromatic carbocycles. The van der Waals surface area contributed by atoms with E-state index >= 15 is 0 Å². The number of nitrogens with two attached hydrogens (primary N) is 1. The molecule has 1 unspecified atom stereocenters. The van der Waals surface area contributed by atoms with Crippen LogP contribution in [-0.2, 0) is 12.0 Å². The van der Waals surface area contributed by atoms with Crippen molar-refractivity contribution in [3.05, 3.63) is 77.5 Å². The minimum absolute atomic E-state index is 0.390. The van der Waals surface area contributed by atoms with Crippen LogP contribution < -0.4 is 5.73 Å². The maximum absolute atomic E-state index is 6.83. The Morgan fingerprint density at radius 1 is 0.900 bits per heavy atom. The van der Waals surface area contributed by atoms with Gasteiger partial charge in [-0.2, -0.15) is 0 Å². The standard InChI is InChI=1S/C18H16N2/c19-18(11-10-13-5-1-2-7-15(13)18)16-8-3-9-17-14(16)6-4-12-20-17/h1-9,12H,10-11,19H2. The number of pyridine rings is 1. The Morgan fingerprint density at radius 2 is 1.75 bits per heavy atom. The number of aromatic nitrogens is 1. The van der Waals surface area contributed by atoms with E-state index in [2.05, 4.69) is 47.4 Å². The molecule has 4 rings (SSSR count). The molecule has 0 fully saturated rings. The van der Waals surface area contributed by atoms with Gasteiger partial charge in [0.25, 0.3) is 0 Å². The van der Waals surface area contributed by atoms with Crippen molar-refractivity contribution in [3.8, 4) is 0 Å². The highest BCUT2D eigenvalue weighted by molar-refractivity contribution is 5.84. The summed E-state index contributed by atoms with van der Waals surface area (Å²) < 4.78 is 0. The van der Waals surface area contributed by atoms with E-state index in [9.17, 15) is 0 Å². The quantitative estimate of drug-likeness (QED) is 0.728. The Labute approximate surface area is 118 Å². The second-order valence-electron chi connectivity index (χ2n) is 5.50. The van der Waals surface area contributed by atoms with E-state index in [0.29, 0.717) is 0 Å². The Hall–Kier alpha value is -2.19. The van der Waals surface area contributed by atoms with Gasteiger partial charge >= 0.3 is 0 Å². The number of benzene rings is 2. The van der Waals surface area contributed by atoms with Gasteiger partial charge in [0.05, 0.1) is 11.1 Å². The summed E-state index contributed by atoms with van der Waals surface area (Å²) in [6.45, 7) is 0. The molecule has 98 valence electrons. The van der Waals surface area contributed by atoms with Crippen molar-refractivity contribution in [2.45, 2.75) is 18.4 Å². The molecule has 1 heterocycles. The summed E-state index contributed by atoms with van der Waals surface area (Å²) in [7, 11) is 0. The molecule has 2 N–H and O–H groups in total. The first-order valence-electron chi connectivity index (χ1n) is 7.00. The van der Waals surface area contributed by atoms with Crippen LogP contribution in [0.1, 0.15) is 23.1 Å². The first-order valence-corrected chi connectivity index (χ1v) is 7.00. The lowest BCUT2D eigenvalue weighted by atomic mass is 9.83. The van der Waals surface area contributed by atoms with Crippen molar-refractivity contribution >= 4 is 10.9 Å². The van der Waals surface area contributed by atoms with Gasteiger partial charge < -0.3 is 5.73 Å². The highest BCUT2D eigenvalue weighted by Crippen LogP contribution is 2.41. The molecule has 1 aromatic heterocycles. The largest absolute Gasteiger partial charge is 0.318 e. The van der Waals surface area contributed by atoms with E-state index in [0.717, 1.165) is 23.7 Å². The van der Waals surface area contributed by atoms with Gasteiger partial charge in [-0.1, -0.05) is 42.5 Å². The van der Waals surface area contributed by atoms with Crippen molar-refractivity contribution in [2.75, 3.05) is 0 Å². The maximum atomic E-state index is 6.83. The molecule has 1 aliphatic rings. The monoisotopic (exact) mass is 260 g/mol. The minimum atomic E-state index is -0.390. The van der Waals surface area contributed by atoms with E-state index in [1.54, 1.807) is 0 Å². The molecule has 0 aliphatic heterocycles. The van der Waals surface area contributed by atoms with Crippen LogP contribution in [0.15, 0.2) is 60.8 Å². The number of fused-ring (bicyclic) bond motifs is 2. The Bertz CT molecular complexity index is 789. The third kappa shape index (κ3) is 1.52. The molecule has 2 heteroatoms. The van der Waals surface area contributed by atoms with E-state index in [1.807, 2.05) is 18.3 Å². The van der Waals surface area contributed by atoms with Crippen LogP contribution in [0.25, 0.3) is 10.9 Å². The van der Waals surface area contributed by atoms with Gasteiger partial charge in [0.1, 0.15) is 0 Å². The second kappa shape index (κ2) is 4.15. The van der Waals surface area contributed by atoms with Gasteiger partial charge in [-0.15, -0.1) is 0 Å². The normalized spacial score (nSPS) is 21.1. The van der Waals surface area contributed by atoms with Crippen molar-refractivity contribution in [1.82, 2.24) is 4.98 Å². The second-order valence-corrected chi connectivity index (χ2v) is 5.50. The van der Waals surface area contributed by atoms with Crippen molar-refractivity contribution < 1.29 is 0 Å². The molecule has 0 amide bonds. The number of nitrogens with zero attached hydrogens (tertiary/aromatic N) is 1. The SMILES string of the molecule is NC1(c2cccc3ncccc23)CCc2ccccc21. The Balaban J connectivity index is 2.01. The zero-order valence-electron chi connectivity index (χ0n) is 11.2. The molecule has 0 bridgehead atoms. The first kappa shape index (κ1) is 11.6. The molecule has 1 aliphatic carbocycles. The molecule has 1 atom stereocenters. The summed E-state index contributed by atoms with van der Waals surface area (Å²) in [4.78, 5) is 4.44. The summed E-state index contributed by atoms with van der Waals surface area (Å²) in [6.07, 6.45) is 3.83. The molecule has 0 radical (unpaired) electrons. The molecular formula is C18H16N2. The molecule has 3 aromatic rings. The topological polar surface area (TPSA) is 38.9 Å². The third-order valence-corrected chi connectivity index (χ3v) is 4.41. The predicted octanol–water partition coefficient (Wildman–Crippen LogP) is 3.38. The van der Waals surface area contributed by atoms with Gasteiger partial charge in [0.2, 0.25) is 0 Å². The molecule has 0 saturated carbocycles. The first-order chi connectivity index (χ1) is 9.79. The van der Waals surface area contributed by atoms with Crippen molar-refractivity contribution in [2.24, 2.45) is 5.73 Å². The zero-order valence-corrected chi connectivity index (χ0v) is 11.2. The molecule has 2 nitrogen and oxygen atoms in total. The molecule has 0 saturated heterocycles. The lowest BCUT2D eigenvalue weighted by molar-refractivity contribution is 0.539. The Kier molecular flexibility index (Phi) is 2.41. The van der Waals surface area contributed by atoms with Crippen LogP contribution in [0.3, 0.4) is 0 Å². The summed E-state index contributed by atoms with van der Waals surface area (Å²) >= 11 is 0.